The van der Waals surface area contributed by atoms with Gasteiger partial charge in [-0.3, -0.25) is 4.99 Å². The number of benzene rings is 1. The Morgan fingerprint density at radius 1 is 1.19 bits per heavy atom. The first-order chi connectivity index (χ1) is 12.4. The van der Waals surface area contributed by atoms with Crippen molar-refractivity contribution in [1.82, 2.24) is 14.5 Å². The number of hydrogen-bond donors (Lipinski definition) is 0. The van der Waals surface area contributed by atoms with E-state index in [9.17, 15) is 0 Å². The maximum Gasteiger partial charge on any atom is 0.124 e. The molecule has 136 valence electrons. The maximum absolute atomic E-state index is 5.82. The predicted octanol–water partition coefficient (Wildman–Crippen LogP) is 5.26. The molecule has 0 aliphatic carbocycles. The van der Waals surface area contributed by atoms with Gasteiger partial charge in [0.25, 0.3) is 0 Å². The smallest absolute Gasteiger partial charge is 0.124 e. The molecule has 0 saturated carbocycles. The van der Waals surface area contributed by atoms with Crippen LogP contribution >= 0.6 is 15.9 Å². The molecule has 5 nitrogen and oxygen atoms in total. The van der Waals surface area contributed by atoms with E-state index in [-0.39, 0.29) is 0 Å². The molecule has 0 aliphatic heterocycles. The van der Waals surface area contributed by atoms with Crippen molar-refractivity contribution in [3.63, 3.8) is 0 Å². The number of halogens is 1. The molecular weight excluding hydrogens is 408 g/mol. The lowest BCUT2D eigenvalue weighted by Crippen LogP contribution is -2.21. The van der Waals surface area contributed by atoms with Crippen molar-refractivity contribution in [1.29, 1.82) is 0 Å². The predicted molar refractivity (Wildman–Crippen MR) is 113 cm³/mol. The van der Waals surface area contributed by atoms with Crippen LogP contribution < -0.4 is 0 Å². The van der Waals surface area contributed by atoms with Gasteiger partial charge in [0.1, 0.15) is 11.3 Å². The number of pyridine rings is 1. The maximum atomic E-state index is 5.82. The number of imidazole rings is 1. The van der Waals surface area contributed by atoms with Gasteiger partial charge in [-0.25, -0.2) is 9.97 Å². The number of ether oxygens (including phenoxy) is 1. The highest BCUT2D eigenvalue weighted by molar-refractivity contribution is 9.10. The van der Waals surface area contributed by atoms with Gasteiger partial charge in [-0.1, -0.05) is 19.6 Å². The van der Waals surface area contributed by atoms with E-state index in [1.165, 1.54) is 6.04 Å². The summed E-state index contributed by atoms with van der Waals surface area (Å²) in [5, 5.41) is 0. The molecule has 0 bridgehead atoms. The highest BCUT2D eigenvalue weighted by atomic mass is 79.9. The van der Waals surface area contributed by atoms with Crippen LogP contribution in [-0.2, 0) is 11.5 Å². The molecule has 26 heavy (non-hydrogen) atoms. The molecule has 0 N–H and O–H groups in total. The third-order valence-corrected chi connectivity index (χ3v) is 6.12. The highest BCUT2D eigenvalue weighted by Gasteiger charge is 2.12. The minimum atomic E-state index is -1.05. The Labute approximate surface area is 163 Å². The molecule has 0 spiro atoms. The third kappa shape index (κ3) is 5.33. The van der Waals surface area contributed by atoms with E-state index in [0.29, 0.717) is 6.73 Å². The Balaban J connectivity index is 1.65. The van der Waals surface area contributed by atoms with Crippen molar-refractivity contribution in [3.05, 3.63) is 53.0 Å². The molecule has 0 amide bonds. The number of rotatable bonds is 7. The topological polar surface area (TPSA) is 52.3 Å². The summed E-state index contributed by atoms with van der Waals surface area (Å²) < 4.78 is 8.67. The zero-order valence-corrected chi connectivity index (χ0v) is 17.9. The summed E-state index contributed by atoms with van der Waals surface area (Å²) in [5.41, 5.74) is 3.80. The van der Waals surface area contributed by atoms with Crippen LogP contribution in [-0.4, -0.2) is 35.4 Å². The molecule has 2 aromatic heterocycles. The lowest BCUT2D eigenvalue weighted by Gasteiger charge is -2.15. The van der Waals surface area contributed by atoms with Crippen LogP contribution in [0.1, 0.15) is 5.56 Å². The summed E-state index contributed by atoms with van der Waals surface area (Å²) in [4.78, 5) is 13.2. The van der Waals surface area contributed by atoms with E-state index in [0.717, 1.165) is 33.5 Å². The van der Waals surface area contributed by atoms with E-state index < -0.39 is 8.07 Å². The Morgan fingerprint density at radius 3 is 2.77 bits per heavy atom. The fourth-order valence-corrected chi connectivity index (χ4v) is 3.38. The lowest BCUT2D eigenvalue weighted by atomic mass is 10.2. The number of nitrogens with zero attached hydrogens (tertiary/aromatic N) is 4. The Bertz CT molecular complexity index is 900. The van der Waals surface area contributed by atoms with E-state index in [2.05, 4.69) is 50.5 Å². The molecule has 3 rings (SSSR count). The summed E-state index contributed by atoms with van der Waals surface area (Å²) in [6.07, 6.45) is 5.40. The summed E-state index contributed by atoms with van der Waals surface area (Å²) in [7, 11) is -1.05. The van der Waals surface area contributed by atoms with E-state index in [1.54, 1.807) is 12.4 Å². The zero-order chi connectivity index (χ0) is 18.6. The quantitative estimate of drug-likeness (QED) is 0.222. The number of aromatic nitrogens is 3. The van der Waals surface area contributed by atoms with Crippen molar-refractivity contribution >= 4 is 46.9 Å². The second-order valence-electron chi connectivity index (χ2n) is 7.41. The van der Waals surface area contributed by atoms with Crippen LogP contribution in [0.2, 0.25) is 25.7 Å². The molecule has 0 atom stereocenters. The molecule has 7 heteroatoms. The summed E-state index contributed by atoms with van der Waals surface area (Å²) >= 11 is 3.33. The number of hydrogen-bond acceptors (Lipinski definition) is 4. The van der Waals surface area contributed by atoms with Crippen molar-refractivity contribution in [2.45, 2.75) is 32.4 Å². The van der Waals surface area contributed by atoms with Gasteiger partial charge in [0.2, 0.25) is 0 Å². The summed E-state index contributed by atoms with van der Waals surface area (Å²) in [6.45, 7) is 8.41. The van der Waals surface area contributed by atoms with Gasteiger partial charge in [-0.05, 0) is 52.3 Å². The largest absolute Gasteiger partial charge is 0.361 e. The number of fused-ring (bicyclic) bond motifs is 1. The van der Waals surface area contributed by atoms with Gasteiger partial charge >= 0.3 is 0 Å². The first kappa shape index (κ1) is 18.9. The molecule has 0 aliphatic rings. The molecule has 3 aromatic rings. The Kier molecular flexibility index (Phi) is 6.00. The Hall–Kier alpha value is -1.83. The molecule has 0 radical (unpaired) electrons. The van der Waals surface area contributed by atoms with E-state index in [4.69, 9.17) is 4.74 Å². The summed E-state index contributed by atoms with van der Waals surface area (Å²) in [5.74, 6) is 0. The molecule has 0 unspecified atom stereocenters. The van der Waals surface area contributed by atoms with Gasteiger partial charge in [0.15, 0.2) is 0 Å². The van der Waals surface area contributed by atoms with Crippen LogP contribution in [0.5, 0.6) is 0 Å². The third-order valence-electron chi connectivity index (χ3n) is 3.94. The van der Waals surface area contributed by atoms with Gasteiger partial charge in [0.05, 0.1) is 23.0 Å². The number of aliphatic imine (C=N–C) groups is 1. The lowest BCUT2D eigenvalue weighted by molar-refractivity contribution is 0.0898. The fraction of sp³-hybridized carbons (Fsp3) is 0.316. The molecule has 0 saturated heterocycles. The van der Waals surface area contributed by atoms with Crippen LogP contribution in [0.25, 0.3) is 11.0 Å². The normalized spacial score (nSPS) is 12.3. The van der Waals surface area contributed by atoms with Gasteiger partial charge in [0, 0.05) is 32.7 Å². The molecule has 1 aromatic carbocycles. The summed E-state index contributed by atoms with van der Waals surface area (Å²) in [6, 6.07) is 11.0. The first-order valence-electron chi connectivity index (χ1n) is 8.59. The SMILES string of the molecule is C[Si](C)(C)CCOCn1cnc2cc(/N=C\c3ccc(Br)nc3)ccc21. The van der Waals surface area contributed by atoms with Crippen LogP contribution in [0.4, 0.5) is 5.69 Å². The highest BCUT2D eigenvalue weighted by Crippen LogP contribution is 2.21. The minimum absolute atomic E-state index is 0.536. The average Bonchev–Trinajstić information content (AvgIpc) is 3.00. The van der Waals surface area contributed by atoms with Crippen molar-refractivity contribution < 1.29 is 4.74 Å². The van der Waals surface area contributed by atoms with Gasteiger partial charge < -0.3 is 9.30 Å². The fourth-order valence-electron chi connectivity index (χ4n) is 2.39. The average molecular weight is 431 g/mol. The second kappa shape index (κ2) is 8.24. The van der Waals surface area contributed by atoms with Crippen LogP contribution in [0.3, 0.4) is 0 Å². The van der Waals surface area contributed by atoms with Crippen LogP contribution in [0.15, 0.2) is 52.5 Å². The zero-order valence-electron chi connectivity index (χ0n) is 15.3. The van der Waals surface area contributed by atoms with E-state index >= 15 is 0 Å². The van der Waals surface area contributed by atoms with E-state index in [1.807, 2.05) is 41.2 Å². The van der Waals surface area contributed by atoms with Gasteiger partial charge in [-0.2, -0.15) is 0 Å². The van der Waals surface area contributed by atoms with Gasteiger partial charge in [-0.15, -0.1) is 0 Å². The molecular formula is C19H23BrN4OSi. The standard InChI is InChI=1S/C19H23BrN4OSi/c1-26(2,3)9-8-25-14-24-13-23-17-10-16(5-6-18(17)24)21-11-15-4-7-19(20)22-12-15/h4-7,10-13H,8-9,14H2,1-3H3/b21-11-. The Morgan fingerprint density at radius 2 is 2.04 bits per heavy atom. The molecule has 0 fully saturated rings. The molecule has 2 heterocycles. The first-order valence-corrected chi connectivity index (χ1v) is 13.1. The second-order valence-corrected chi connectivity index (χ2v) is 13.8. The minimum Gasteiger partial charge on any atom is -0.361 e. The monoisotopic (exact) mass is 430 g/mol. The van der Waals surface area contributed by atoms with Crippen molar-refractivity contribution in [2.75, 3.05) is 6.61 Å². The van der Waals surface area contributed by atoms with Crippen molar-refractivity contribution in [2.24, 2.45) is 4.99 Å². The van der Waals surface area contributed by atoms with Crippen molar-refractivity contribution in [3.8, 4) is 0 Å². The van der Waals surface area contributed by atoms with Crippen LogP contribution in [0, 0.1) is 0 Å².